The molecule has 2 atom stereocenters. The van der Waals surface area contributed by atoms with E-state index >= 15 is 0 Å². The van der Waals surface area contributed by atoms with Crippen molar-refractivity contribution in [1.29, 1.82) is 0 Å². The van der Waals surface area contributed by atoms with E-state index in [4.69, 9.17) is 0 Å². The van der Waals surface area contributed by atoms with E-state index < -0.39 is 11.9 Å². The van der Waals surface area contributed by atoms with Crippen LogP contribution in [0, 0.1) is 5.92 Å². The number of aliphatic carboxylic acids is 1. The Kier molecular flexibility index (Phi) is 6.85. The topological polar surface area (TPSA) is 135 Å². The third-order valence-corrected chi connectivity index (χ3v) is 7.09. The summed E-state index contributed by atoms with van der Waals surface area (Å²) in [6, 6.07) is 5.18. The van der Waals surface area contributed by atoms with Gasteiger partial charge in [-0.3, -0.25) is 19.8 Å². The minimum Gasteiger partial charge on any atom is -0.505 e. The Hall–Kier alpha value is -3.43. The average Bonchev–Trinajstić information content (AvgIpc) is 3.11. The highest BCUT2D eigenvalue weighted by Gasteiger charge is 2.36. The number of carboxylic acids is 1. The monoisotopic (exact) mass is 469 g/mol. The average molecular weight is 470 g/mol. The van der Waals surface area contributed by atoms with Gasteiger partial charge in [0.05, 0.1) is 23.4 Å². The first-order valence-electron chi connectivity index (χ1n) is 11.8. The van der Waals surface area contributed by atoms with Gasteiger partial charge in [0, 0.05) is 20.0 Å². The van der Waals surface area contributed by atoms with Gasteiger partial charge >= 0.3 is 5.97 Å². The van der Waals surface area contributed by atoms with Crippen LogP contribution in [0.25, 0.3) is 0 Å². The van der Waals surface area contributed by atoms with Crippen LogP contribution in [0.5, 0.6) is 5.75 Å². The van der Waals surface area contributed by atoms with E-state index in [0.29, 0.717) is 55.7 Å². The molecule has 2 unspecified atom stereocenters. The summed E-state index contributed by atoms with van der Waals surface area (Å²) in [7, 11) is 0. The van der Waals surface area contributed by atoms with Crippen molar-refractivity contribution in [3.63, 3.8) is 0 Å². The largest absolute Gasteiger partial charge is 0.505 e. The zero-order chi connectivity index (χ0) is 24.4. The van der Waals surface area contributed by atoms with Crippen molar-refractivity contribution in [2.75, 3.05) is 18.5 Å². The summed E-state index contributed by atoms with van der Waals surface area (Å²) in [5.74, 6) is -1.49. The SMILES string of the molecule is CC(=O)N1CCC(N2N=C(C)C(=NNc3cccc(C4CCCC(C(=O)O)C4)c3O)C2=O)CC1. The quantitative estimate of drug-likeness (QED) is 0.448. The number of amides is 2. The molecule has 10 nitrogen and oxygen atoms in total. The molecule has 0 spiro atoms. The predicted molar refractivity (Wildman–Crippen MR) is 127 cm³/mol. The van der Waals surface area contributed by atoms with E-state index in [1.807, 2.05) is 6.07 Å². The van der Waals surface area contributed by atoms with E-state index in [0.717, 1.165) is 12.8 Å². The Morgan fingerprint density at radius 2 is 1.91 bits per heavy atom. The molecule has 10 heteroatoms. The maximum Gasteiger partial charge on any atom is 0.306 e. The third kappa shape index (κ3) is 4.76. The number of hydrogen-bond donors (Lipinski definition) is 3. The number of piperidine rings is 1. The van der Waals surface area contributed by atoms with Crippen LogP contribution in [0.2, 0.25) is 0 Å². The fraction of sp³-hybridized carbons (Fsp3) is 0.542. The Morgan fingerprint density at radius 3 is 2.59 bits per heavy atom. The van der Waals surface area contributed by atoms with Gasteiger partial charge in [0.2, 0.25) is 5.91 Å². The van der Waals surface area contributed by atoms with E-state index in [9.17, 15) is 24.6 Å². The summed E-state index contributed by atoms with van der Waals surface area (Å²) < 4.78 is 0. The Bertz CT molecular complexity index is 1040. The number of likely N-dealkylation sites (tertiary alicyclic amines) is 1. The first-order chi connectivity index (χ1) is 16.3. The van der Waals surface area contributed by atoms with Crippen LogP contribution in [-0.4, -0.2) is 68.5 Å². The lowest BCUT2D eigenvalue weighted by atomic mass is 9.77. The molecule has 34 heavy (non-hydrogen) atoms. The number of hydrogen-bond acceptors (Lipinski definition) is 7. The second-order valence-corrected chi connectivity index (χ2v) is 9.29. The number of phenolic OH excluding ortho intramolecular Hbond substituents is 1. The van der Waals surface area contributed by atoms with E-state index in [1.54, 1.807) is 30.9 Å². The smallest absolute Gasteiger partial charge is 0.306 e. The summed E-state index contributed by atoms with van der Waals surface area (Å²) in [4.78, 5) is 37.7. The minimum absolute atomic E-state index is 0.0244. The first-order valence-corrected chi connectivity index (χ1v) is 11.8. The molecule has 182 valence electrons. The molecule has 2 amide bonds. The standard InChI is InChI=1S/C24H31N5O5/c1-14-21(23(32)29(27-14)18-9-11-28(12-10-18)15(2)30)26-25-20-8-4-7-19(22(20)31)16-5-3-6-17(13-16)24(33)34/h4,7-8,16-18,25,31H,3,5-6,9-13H2,1-2H3,(H,33,34). The number of aromatic hydroxyl groups is 1. The van der Waals surface area contributed by atoms with Gasteiger partial charge in [-0.25, -0.2) is 5.01 Å². The fourth-order valence-electron chi connectivity index (χ4n) is 5.11. The molecular weight excluding hydrogens is 438 g/mol. The Morgan fingerprint density at radius 1 is 1.18 bits per heavy atom. The fourth-order valence-corrected chi connectivity index (χ4v) is 5.11. The summed E-state index contributed by atoms with van der Waals surface area (Å²) in [6.07, 6.45) is 4.07. The number of phenols is 1. The summed E-state index contributed by atoms with van der Waals surface area (Å²) >= 11 is 0. The highest BCUT2D eigenvalue weighted by Crippen LogP contribution is 2.42. The van der Waals surface area contributed by atoms with Crippen molar-refractivity contribution >= 4 is 34.9 Å². The number of para-hydroxylation sites is 1. The molecule has 0 aromatic heterocycles. The highest BCUT2D eigenvalue weighted by molar-refractivity contribution is 6.68. The van der Waals surface area contributed by atoms with Gasteiger partial charge in [-0.15, -0.1) is 0 Å². The summed E-state index contributed by atoms with van der Waals surface area (Å²) in [5.41, 5.74) is 4.53. The normalized spacial score (nSPS) is 24.9. The number of carbonyl (C=O) groups excluding carboxylic acids is 2. The van der Waals surface area contributed by atoms with E-state index in [2.05, 4.69) is 15.6 Å². The number of rotatable bonds is 5. The van der Waals surface area contributed by atoms with Crippen molar-refractivity contribution in [3.8, 4) is 5.75 Å². The number of nitrogens with zero attached hydrogens (tertiary/aromatic N) is 4. The van der Waals surface area contributed by atoms with Gasteiger partial charge in [-0.05, 0) is 56.6 Å². The van der Waals surface area contributed by atoms with Crippen LogP contribution in [0.3, 0.4) is 0 Å². The number of nitrogens with one attached hydrogen (secondary N) is 1. The van der Waals surface area contributed by atoms with Crippen molar-refractivity contribution < 1.29 is 24.6 Å². The molecule has 4 rings (SSSR count). The Balaban J connectivity index is 1.45. The second-order valence-electron chi connectivity index (χ2n) is 9.29. The second kappa shape index (κ2) is 9.82. The zero-order valence-corrected chi connectivity index (χ0v) is 19.5. The number of carbonyl (C=O) groups is 3. The van der Waals surface area contributed by atoms with E-state index in [-0.39, 0.29) is 35.2 Å². The lowest BCUT2D eigenvalue weighted by Crippen LogP contribution is -2.46. The Labute approximate surface area is 198 Å². The van der Waals surface area contributed by atoms with Crippen LogP contribution in [-0.2, 0) is 14.4 Å². The molecule has 1 aromatic rings. The number of hydrazone groups is 2. The van der Waals surface area contributed by atoms with Crippen LogP contribution in [0.4, 0.5) is 5.69 Å². The molecule has 3 aliphatic rings. The molecule has 1 aliphatic carbocycles. The van der Waals surface area contributed by atoms with Gasteiger partial charge in [0.25, 0.3) is 5.91 Å². The van der Waals surface area contributed by atoms with E-state index in [1.165, 1.54) is 5.01 Å². The van der Waals surface area contributed by atoms with Crippen LogP contribution in [0.15, 0.2) is 28.4 Å². The van der Waals surface area contributed by atoms with Gasteiger partial charge in [0.15, 0.2) is 5.71 Å². The number of anilines is 1. The summed E-state index contributed by atoms with van der Waals surface area (Å²) in [6.45, 7) is 4.44. The molecule has 0 bridgehead atoms. The molecule has 2 aliphatic heterocycles. The van der Waals surface area contributed by atoms with Crippen molar-refractivity contribution in [3.05, 3.63) is 23.8 Å². The molecule has 1 aromatic carbocycles. The third-order valence-electron chi connectivity index (χ3n) is 7.09. The molecular formula is C24H31N5O5. The van der Waals surface area contributed by atoms with Crippen molar-refractivity contribution in [1.82, 2.24) is 9.91 Å². The van der Waals surface area contributed by atoms with Gasteiger partial charge in [-0.2, -0.15) is 10.2 Å². The van der Waals surface area contributed by atoms with Gasteiger partial charge < -0.3 is 15.1 Å². The predicted octanol–water partition coefficient (Wildman–Crippen LogP) is 2.75. The zero-order valence-electron chi connectivity index (χ0n) is 19.5. The lowest BCUT2D eigenvalue weighted by Gasteiger charge is -2.34. The van der Waals surface area contributed by atoms with Crippen molar-refractivity contribution in [2.24, 2.45) is 16.1 Å². The number of carboxylic acid groups (broad SMARTS) is 1. The maximum absolute atomic E-state index is 13.0. The molecule has 2 heterocycles. The lowest BCUT2D eigenvalue weighted by molar-refractivity contribution is -0.143. The molecule has 1 saturated heterocycles. The summed E-state index contributed by atoms with van der Waals surface area (Å²) in [5, 5.41) is 30.4. The first kappa shape index (κ1) is 23.7. The molecule has 2 fully saturated rings. The van der Waals surface area contributed by atoms with Crippen molar-refractivity contribution in [2.45, 2.75) is 64.3 Å². The highest BCUT2D eigenvalue weighted by atomic mass is 16.4. The molecule has 1 saturated carbocycles. The van der Waals surface area contributed by atoms with Gasteiger partial charge in [0.1, 0.15) is 5.75 Å². The minimum atomic E-state index is -0.795. The molecule has 0 radical (unpaired) electrons. The van der Waals surface area contributed by atoms with Crippen LogP contribution < -0.4 is 5.43 Å². The molecule has 3 N–H and O–H groups in total. The van der Waals surface area contributed by atoms with Gasteiger partial charge in [-0.1, -0.05) is 18.6 Å². The maximum atomic E-state index is 13.0. The van der Waals surface area contributed by atoms with Crippen LogP contribution >= 0.6 is 0 Å². The number of benzene rings is 1. The van der Waals surface area contributed by atoms with Crippen LogP contribution in [0.1, 0.15) is 63.9 Å².